The lowest BCUT2D eigenvalue weighted by Crippen LogP contribution is -2.31. The fraction of sp³-hybridized carbons (Fsp3) is 0.364. The van der Waals surface area contributed by atoms with Crippen molar-refractivity contribution in [3.05, 3.63) is 59.2 Å². The second-order valence-electron chi connectivity index (χ2n) is 7.95. The number of fused-ring (bicyclic) bond motifs is 1. The molecule has 146 valence electrons. The van der Waals surface area contributed by atoms with Crippen molar-refractivity contribution in [1.82, 2.24) is 0 Å². The molecule has 0 aromatic heterocycles. The lowest BCUT2D eigenvalue weighted by Gasteiger charge is -2.39. The minimum absolute atomic E-state index is 0.0325. The molecular formula is C22H25N3O3. The number of nitrogens with one attached hydrogen (secondary N) is 2. The molecule has 28 heavy (non-hydrogen) atoms. The van der Waals surface area contributed by atoms with Gasteiger partial charge in [0.05, 0.1) is 17.7 Å². The van der Waals surface area contributed by atoms with Gasteiger partial charge >= 0.3 is 6.16 Å². The summed E-state index contributed by atoms with van der Waals surface area (Å²) in [5.74, 6) is 0. The van der Waals surface area contributed by atoms with Gasteiger partial charge in [-0.3, -0.25) is 0 Å². The molecule has 1 unspecified atom stereocenters. The smallest absolute Gasteiger partial charge is 0.450 e. The van der Waals surface area contributed by atoms with Crippen LogP contribution in [0.1, 0.15) is 55.8 Å². The number of para-hydroxylation sites is 1. The van der Waals surface area contributed by atoms with Crippen LogP contribution < -0.4 is 10.6 Å². The molecule has 0 spiro atoms. The van der Waals surface area contributed by atoms with E-state index in [0.717, 1.165) is 17.7 Å². The molecule has 1 fully saturated rings. The summed E-state index contributed by atoms with van der Waals surface area (Å²) < 4.78 is 0. The van der Waals surface area contributed by atoms with E-state index in [-0.39, 0.29) is 11.5 Å². The predicted molar refractivity (Wildman–Crippen MR) is 109 cm³/mol. The Labute approximate surface area is 164 Å². The van der Waals surface area contributed by atoms with Crippen molar-refractivity contribution in [2.24, 2.45) is 0 Å². The van der Waals surface area contributed by atoms with Crippen molar-refractivity contribution in [2.45, 2.75) is 50.6 Å². The molecule has 0 amide bonds. The molecule has 2 aromatic carbocycles. The minimum atomic E-state index is -1.83. The number of nitriles is 1. The maximum absolute atomic E-state index is 9.19. The van der Waals surface area contributed by atoms with Gasteiger partial charge in [0.25, 0.3) is 0 Å². The first-order chi connectivity index (χ1) is 13.3. The Kier molecular flexibility index (Phi) is 5.46. The normalized spacial score (nSPS) is 19.1. The Morgan fingerprint density at radius 2 is 1.89 bits per heavy atom. The van der Waals surface area contributed by atoms with Crippen molar-refractivity contribution < 1.29 is 15.0 Å². The van der Waals surface area contributed by atoms with Crippen LogP contribution in [0.2, 0.25) is 0 Å². The van der Waals surface area contributed by atoms with Crippen LogP contribution in [0.25, 0.3) is 0 Å². The minimum Gasteiger partial charge on any atom is -0.450 e. The topological polar surface area (TPSA) is 105 Å². The van der Waals surface area contributed by atoms with E-state index in [1.165, 1.54) is 29.7 Å². The highest BCUT2D eigenvalue weighted by Gasteiger charge is 2.34. The van der Waals surface area contributed by atoms with Crippen LogP contribution in [0.15, 0.2) is 42.5 Å². The predicted octanol–water partition coefficient (Wildman–Crippen LogP) is 5.19. The number of benzene rings is 2. The summed E-state index contributed by atoms with van der Waals surface area (Å²) in [5, 5.41) is 30.5. The first kappa shape index (κ1) is 19.6. The van der Waals surface area contributed by atoms with Gasteiger partial charge in [0.15, 0.2) is 0 Å². The Balaban J connectivity index is 0.000000516. The summed E-state index contributed by atoms with van der Waals surface area (Å²) in [6, 6.07) is 17.8. The molecule has 4 rings (SSSR count). The van der Waals surface area contributed by atoms with E-state index in [1.54, 1.807) is 0 Å². The van der Waals surface area contributed by atoms with Crippen LogP contribution >= 0.6 is 0 Å². The number of hydrogen-bond acceptors (Lipinski definition) is 4. The number of anilines is 2. The van der Waals surface area contributed by atoms with E-state index in [1.807, 2.05) is 12.1 Å². The number of carboxylic acid groups (broad SMARTS) is 2. The summed E-state index contributed by atoms with van der Waals surface area (Å²) in [7, 11) is 0. The molecule has 0 radical (unpaired) electrons. The van der Waals surface area contributed by atoms with E-state index in [4.69, 9.17) is 15.0 Å². The van der Waals surface area contributed by atoms with Crippen LogP contribution in [0, 0.1) is 11.3 Å². The van der Waals surface area contributed by atoms with Crippen LogP contribution in [0.4, 0.5) is 16.2 Å². The van der Waals surface area contributed by atoms with Gasteiger partial charge in [-0.2, -0.15) is 5.26 Å². The van der Waals surface area contributed by atoms with Gasteiger partial charge in [0.2, 0.25) is 0 Å². The fourth-order valence-corrected chi connectivity index (χ4v) is 3.73. The fourth-order valence-electron chi connectivity index (χ4n) is 3.73. The molecule has 2 aromatic rings. The Morgan fingerprint density at radius 1 is 1.21 bits per heavy atom. The average molecular weight is 379 g/mol. The van der Waals surface area contributed by atoms with E-state index in [9.17, 15) is 5.26 Å². The van der Waals surface area contributed by atoms with Crippen LogP contribution in [-0.4, -0.2) is 22.4 Å². The first-order valence-electron chi connectivity index (χ1n) is 9.38. The zero-order valence-corrected chi connectivity index (χ0v) is 16.1. The van der Waals surface area contributed by atoms with E-state index in [0.29, 0.717) is 6.04 Å². The molecule has 1 heterocycles. The third-order valence-electron chi connectivity index (χ3n) is 5.20. The molecule has 2 aliphatic rings. The largest absolute Gasteiger partial charge is 0.503 e. The third-order valence-corrected chi connectivity index (χ3v) is 5.20. The van der Waals surface area contributed by atoms with E-state index in [2.05, 4.69) is 60.9 Å². The van der Waals surface area contributed by atoms with E-state index >= 15 is 0 Å². The molecule has 4 N–H and O–H groups in total. The van der Waals surface area contributed by atoms with Crippen molar-refractivity contribution in [2.75, 3.05) is 10.6 Å². The Hall–Kier alpha value is -3.20. The molecule has 1 saturated carbocycles. The number of rotatable bonds is 3. The molecule has 0 saturated heterocycles. The highest BCUT2D eigenvalue weighted by Crippen LogP contribution is 2.45. The maximum atomic E-state index is 9.19. The third kappa shape index (κ3) is 4.55. The van der Waals surface area contributed by atoms with Crippen LogP contribution in [-0.2, 0) is 5.41 Å². The maximum Gasteiger partial charge on any atom is 0.503 e. The van der Waals surface area contributed by atoms with Crippen LogP contribution in [0.5, 0.6) is 0 Å². The highest BCUT2D eigenvalue weighted by atomic mass is 16.6. The summed E-state index contributed by atoms with van der Waals surface area (Å²) in [5.41, 5.74) is 5.75. The van der Waals surface area contributed by atoms with Crippen LogP contribution in [0.3, 0.4) is 0 Å². The van der Waals surface area contributed by atoms with Crippen molar-refractivity contribution in [3.63, 3.8) is 0 Å². The van der Waals surface area contributed by atoms with Gasteiger partial charge in [-0.15, -0.1) is 0 Å². The number of hydrogen-bond donors (Lipinski definition) is 4. The van der Waals surface area contributed by atoms with Gasteiger partial charge in [-0.05, 0) is 60.1 Å². The van der Waals surface area contributed by atoms with Gasteiger partial charge < -0.3 is 20.8 Å². The summed E-state index contributed by atoms with van der Waals surface area (Å²) in [4.78, 5) is 8.56. The molecular weight excluding hydrogens is 354 g/mol. The summed E-state index contributed by atoms with van der Waals surface area (Å²) in [6.45, 7) is 4.55. The SMILES string of the molecule is CC1(C)CC(c2ccccc2NC2CC2)Nc2ccc(C#N)cc21.O=C(O)O. The van der Waals surface area contributed by atoms with Gasteiger partial charge in [0.1, 0.15) is 0 Å². The zero-order chi connectivity index (χ0) is 20.3. The second-order valence-corrected chi connectivity index (χ2v) is 7.95. The highest BCUT2D eigenvalue weighted by molar-refractivity contribution is 5.64. The monoisotopic (exact) mass is 379 g/mol. The van der Waals surface area contributed by atoms with Gasteiger partial charge in [-0.25, -0.2) is 4.79 Å². The quantitative estimate of drug-likeness (QED) is 0.585. The first-order valence-corrected chi connectivity index (χ1v) is 9.38. The lowest BCUT2D eigenvalue weighted by molar-refractivity contribution is 0.137. The molecule has 1 aliphatic carbocycles. The molecule has 6 heteroatoms. The molecule has 6 nitrogen and oxygen atoms in total. The summed E-state index contributed by atoms with van der Waals surface area (Å²) >= 11 is 0. The molecule has 1 aliphatic heterocycles. The van der Waals surface area contributed by atoms with Crippen molar-refractivity contribution in [3.8, 4) is 6.07 Å². The van der Waals surface area contributed by atoms with Crippen molar-refractivity contribution >= 4 is 17.5 Å². The lowest BCUT2D eigenvalue weighted by atomic mass is 9.73. The van der Waals surface area contributed by atoms with Gasteiger partial charge in [0, 0.05) is 17.4 Å². The number of nitrogens with zero attached hydrogens (tertiary/aromatic N) is 1. The molecule has 1 atom stereocenters. The molecule has 0 bridgehead atoms. The number of carbonyl (C=O) groups is 1. The average Bonchev–Trinajstić information content (AvgIpc) is 3.45. The standard InChI is InChI=1S/C21H23N3.CH2O3/c1-21(2)12-20(24-19-10-7-14(13-22)11-17(19)21)16-5-3-4-6-18(16)23-15-8-9-15;2-1(3)4/h3-7,10-11,15,20,23-24H,8-9,12H2,1-2H3;(H2,2,3,4). The van der Waals surface area contributed by atoms with Gasteiger partial charge in [-0.1, -0.05) is 32.0 Å². The zero-order valence-electron chi connectivity index (χ0n) is 16.1. The second kappa shape index (κ2) is 7.81. The Morgan fingerprint density at radius 3 is 2.54 bits per heavy atom. The summed E-state index contributed by atoms with van der Waals surface area (Å²) in [6.07, 6.45) is 1.73. The Bertz CT molecular complexity index is 909. The van der Waals surface area contributed by atoms with Crippen molar-refractivity contribution in [1.29, 1.82) is 5.26 Å². The van der Waals surface area contributed by atoms with E-state index < -0.39 is 6.16 Å².